The van der Waals surface area contributed by atoms with Gasteiger partial charge in [0.25, 0.3) is 0 Å². The molecule has 0 bridgehead atoms. The number of ether oxygens (including phenoxy) is 1. The Bertz CT molecular complexity index is 773. The summed E-state index contributed by atoms with van der Waals surface area (Å²) in [6.45, 7) is 5.97. The zero-order valence-electron chi connectivity index (χ0n) is 17.9. The first-order valence-electron chi connectivity index (χ1n) is 10.2. The summed E-state index contributed by atoms with van der Waals surface area (Å²) in [6.07, 6.45) is 4.16. The van der Waals surface area contributed by atoms with Crippen LogP contribution in [0.3, 0.4) is 0 Å². The highest BCUT2D eigenvalue weighted by Crippen LogP contribution is 2.39. The highest BCUT2D eigenvalue weighted by atomic mass is 32.2. The molecule has 0 aromatic heterocycles. The van der Waals surface area contributed by atoms with E-state index in [1.165, 1.54) is 11.9 Å². The van der Waals surface area contributed by atoms with E-state index >= 15 is 0 Å². The van der Waals surface area contributed by atoms with Gasteiger partial charge in [0.2, 0.25) is 0 Å². The van der Waals surface area contributed by atoms with Crippen molar-refractivity contribution >= 4 is 23.6 Å². The lowest BCUT2D eigenvalue weighted by atomic mass is 10.1. The van der Waals surface area contributed by atoms with Gasteiger partial charge in [0.15, 0.2) is 0 Å². The number of nitrogens with zero attached hydrogens (tertiary/aromatic N) is 2. The molecule has 0 fully saturated rings. The maximum Gasteiger partial charge on any atom is 0.337 e. The predicted octanol–water partition coefficient (Wildman–Crippen LogP) is 6.15. The second-order valence-corrected chi connectivity index (χ2v) is 8.49. The van der Waals surface area contributed by atoms with Crippen molar-refractivity contribution in [2.24, 2.45) is 0 Å². The molecule has 2 rings (SSSR count). The van der Waals surface area contributed by atoms with Crippen LogP contribution in [0.25, 0.3) is 0 Å². The Morgan fingerprint density at radius 3 is 2.17 bits per heavy atom. The Morgan fingerprint density at radius 1 is 1.03 bits per heavy atom. The minimum atomic E-state index is -0.912. The van der Waals surface area contributed by atoms with Crippen LogP contribution in [-0.2, 0) is 0 Å². The van der Waals surface area contributed by atoms with Crippen molar-refractivity contribution < 1.29 is 14.6 Å². The standard InChI is InChI=1S/C23H32N2O3S/c1-5-7-14-25(15-8-6-2)20-17-21(28-18-12-10-9-11-13-18)22(29-24(3)4)16-19(20)23(26)27/h9-13,16-17H,5-8,14-15H2,1-4H3,(H,26,27). The third-order valence-electron chi connectivity index (χ3n) is 4.45. The SMILES string of the molecule is CCCCN(CCCC)c1cc(Oc2ccccc2)c(SN(C)C)cc1C(=O)O. The number of unbranched alkanes of at least 4 members (excludes halogenated alkanes) is 2. The lowest BCUT2D eigenvalue weighted by Gasteiger charge is -2.27. The number of aromatic carboxylic acids is 1. The van der Waals surface area contributed by atoms with Gasteiger partial charge in [0.1, 0.15) is 11.5 Å². The molecular weight excluding hydrogens is 384 g/mol. The average molecular weight is 417 g/mol. The van der Waals surface area contributed by atoms with Crippen molar-refractivity contribution in [1.29, 1.82) is 0 Å². The Morgan fingerprint density at radius 2 is 1.66 bits per heavy atom. The van der Waals surface area contributed by atoms with E-state index in [1.54, 1.807) is 6.07 Å². The van der Waals surface area contributed by atoms with Crippen molar-refractivity contribution in [3.05, 3.63) is 48.0 Å². The Kier molecular flexibility index (Phi) is 9.35. The van der Waals surface area contributed by atoms with E-state index < -0.39 is 5.97 Å². The summed E-state index contributed by atoms with van der Waals surface area (Å²) in [5.74, 6) is 0.494. The molecule has 0 amide bonds. The van der Waals surface area contributed by atoms with E-state index in [1.807, 2.05) is 54.8 Å². The molecule has 0 aliphatic heterocycles. The molecule has 29 heavy (non-hydrogen) atoms. The normalized spacial score (nSPS) is 10.9. The zero-order valence-corrected chi connectivity index (χ0v) is 18.7. The molecule has 0 aliphatic rings. The van der Waals surface area contributed by atoms with Crippen molar-refractivity contribution in [2.75, 3.05) is 32.1 Å². The van der Waals surface area contributed by atoms with Gasteiger partial charge in [-0.2, -0.15) is 0 Å². The smallest absolute Gasteiger partial charge is 0.337 e. The summed E-state index contributed by atoms with van der Waals surface area (Å²) in [6, 6.07) is 13.2. The van der Waals surface area contributed by atoms with E-state index in [-0.39, 0.29) is 0 Å². The summed E-state index contributed by atoms with van der Waals surface area (Å²) >= 11 is 1.46. The van der Waals surface area contributed by atoms with E-state index in [0.717, 1.165) is 55.1 Å². The first-order valence-corrected chi connectivity index (χ1v) is 11.0. The van der Waals surface area contributed by atoms with E-state index in [9.17, 15) is 9.90 Å². The zero-order chi connectivity index (χ0) is 21.2. The molecule has 158 valence electrons. The molecule has 0 saturated carbocycles. The van der Waals surface area contributed by atoms with Crippen LogP contribution in [0.2, 0.25) is 0 Å². The van der Waals surface area contributed by atoms with Crippen molar-refractivity contribution in [2.45, 2.75) is 44.4 Å². The number of anilines is 1. The summed E-state index contributed by atoms with van der Waals surface area (Å²) in [4.78, 5) is 15.1. The van der Waals surface area contributed by atoms with Gasteiger partial charge in [-0.15, -0.1) is 0 Å². The average Bonchev–Trinajstić information content (AvgIpc) is 2.69. The number of carboxylic acids is 1. The molecule has 0 saturated heterocycles. The van der Waals surface area contributed by atoms with Crippen LogP contribution in [0.15, 0.2) is 47.4 Å². The number of hydrogen-bond acceptors (Lipinski definition) is 5. The molecule has 6 heteroatoms. The fraction of sp³-hybridized carbons (Fsp3) is 0.435. The lowest BCUT2D eigenvalue weighted by Crippen LogP contribution is -2.27. The molecule has 0 unspecified atom stereocenters. The maximum atomic E-state index is 12.1. The van der Waals surface area contributed by atoms with E-state index in [4.69, 9.17) is 4.74 Å². The predicted molar refractivity (Wildman–Crippen MR) is 121 cm³/mol. The molecule has 0 atom stereocenters. The Hall–Kier alpha value is -2.18. The Labute approximate surface area is 178 Å². The van der Waals surface area contributed by atoms with E-state index in [0.29, 0.717) is 11.3 Å². The highest BCUT2D eigenvalue weighted by molar-refractivity contribution is 7.97. The van der Waals surface area contributed by atoms with Gasteiger partial charge < -0.3 is 14.7 Å². The molecule has 2 aromatic carbocycles. The van der Waals surface area contributed by atoms with Crippen molar-refractivity contribution in [3.63, 3.8) is 0 Å². The summed E-state index contributed by atoms with van der Waals surface area (Å²) in [5.41, 5.74) is 1.05. The number of rotatable bonds is 12. The number of para-hydroxylation sites is 1. The largest absolute Gasteiger partial charge is 0.478 e. The monoisotopic (exact) mass is 416 g/mol. The summed E-state index contributed by atoms with van der Waals surface area (Å²) in [7, 11) is 3.86. The number of benzene rings is 2. The van der Waals surface area contributed by atoms with Crippen LogP contribution < -0.4 is 9.64 Å². The highest BCUT2D eigenvalue weighted by Gasteiger charge is 2.21. The molecule has 0 spiro atoms. The molecular formula is C23H32N2O3S. The van der Waals surface area contributed by atoms with Gasteiger partial charge in [-0.25, -0.2) is 4.79 Å². The van der Waals surface area contributed by atoms with Crippen LogP contribution in [0.5, 0.6) is 11.5 Å². The van der Waals surface area contributed by atoms with Gasteiger partial charge in [-0.05, 0) is 57.1 Å². The molecule has 0 aliphatic carbocycles. The van der Waals surface area contributed by atoms with Crippen molar-refractivity contribution in [1.82, 2.24) is 4.31 Å². The second kappa shape index (κ2) is 11.7. The minimum Gasteiger partial charge on any atom is -0.478 e. The van der Waals surface area contributed by atoms with E-state index in [2.05, 4.69) is 18.7 Å². The van der Waals surface area contributed by atoms with Gasteiger partial charge >= 0.3 is 5.97 Å². The minimum absolute atomic E-state index is 0.321. The molecule has 0 radical (unpaired) electrons. The van der Waals surface area contributed by atoms with Crippen LogP contribution in [-0.4, -0.2) is 42.6 Å². The number of hydrogen-bond donors (Lipinski definition) is 1. The third-order valence-corrected chi connectivity index (χ3v) is 5.33. The first-order chi connectivity index (χ1) is 14.0. The molecule has 2 aromatic rings. The number of carboxylic acid groups (broad SMARTS) is 1. The lowest BCUT2D eigenvalue weighted by molar-refractivity contribution is 0.0697. The third kappa shape index (κ3) is 6.98. The molecule has 5 nitrogen and oxygen atoms in total. The maximum absolute atomic E-state index is 12.1. The number of carbonyl (C=O) groups is 1. The van der Waals surface area contributed by atoms with Crippen LogP contribution in [0.4, 0.5) is 5.69 Å². The second-order valence-electron chi connectivity index (χ2n) is 7.13. The van der Waals surface area contributed by atoms with Crippen LogP contribution in [0.1, 0.15) is 49.9 Å². The van der Waals surface area contributed by atoms with Crippen LogP contribution in [0, 0.1) is 0 Å². The Balaban J connectivity index is 2.53. The first kappa shape index (κ1) is 23.1. The molecule has 0 heterocycles. The van der Waals surface area contributed by atoms with Crippen LogP contribution >= 0.6 is 11.9 Å². The topological polar surface area (TPSA) is 53.0 Å². The van der Waals surface area contributed by atoms with Gasteiger partial charge in [-0.3, -0.25) is 4.31 Å². The fourth-order valence-electron chi connectivity index (χ4n) is 3.00. The van der Waals surface area contributed by atoms with Crippen molar-refractivity contribution in [3.8, 4) is 11.5 Å². The fourth-order valence-corrected chi connectivity index (χ4v) is 3.75. The van der Waals surface area contributed by atoms with Gasteiger partial charge in [0, 0.05) is 19.2 Å². The van der Waals surface area contributed by atoms with Gasteiger partial charge in [0.05, 0.1) is 16.1 Å². The summed E-state index contributed by atoms with van der Waals surface area (Å²) in [5, 5.41) is 9.91. The summed E-state index contributed by atoms with van der Waals surface area (Å²) < 4.78 is 8.11. The van der Waals surface area contributed by atoms with Gasteiger partial charge in [-0.1, -0.05) is 44.9 Å². The quantitative estimate of drug-likeness (QED) is 0.419. The molecule has 1 N–H and O–H groups in total.